The van der Waals surface area contributed by atoms with Crippen molar-refractivity contribution in [2.24, 2.45) is 0 Å². The van der Waals surface area contributed by atoms with Gasteiger partial charge in [0.25, 0.3) is 5.91 Å². The third kappa shape index (κ3) is 5.21. The summed E-state index contributed by atoms with van der Waals surface area (Å²) in [5.74, 6) is -0.298. The predicted molar refractivity (Wildman–Crippen MR) is 94.4 cm³/mol. The molecular weight excluding hydrogens is 322 g/mol. The van der Waals surface area contributed by atoms with Crippen molar-refractivity contribution < 1.29 is 18.7 Å². The first-order valence-electron chi connectivity index (χ1n) is 8.74. The Morgan fingerprint density at radius 1 is 1.24 bits per heavy atom. The van der Waals surface area contributed by atoms with E-state index in [1.54, 1.807) is 6.26 Å². The molecule has 140 valence electrons. The van der Waals surface area contributed by atoms with E-state index in [2.05, 4.69) is 10.3 Å². The Labute approximate surface area is 149 Å². The molecule has 2 amide bonds. The lowest BCUT2D eigenvalue weighted by molar-refractivity contribution is -0.122. The fourth-order valence-corrected chi connectivity index (χ4v) is 2.61. The van der Waals surface area contributed by atoms with Gasteiger partial charge in [-0.05, 0) is 40.0 Å². The zero-order chi connectivity index (χ0) is 18.8. The van der Waals surface area contributed by atoms with Gasteiger partial charge in [-0.15, -0.1) is 0 Å². The van der Waals surface area contributed by atoms with Gasteiger partial charge in [-0.2, -0.15) is 4.98 Å². The second-order valence-corrected chi connectivity index (χ2v) is 8.46. The number of rotatable bonds is 2. The number of nitrogens with zero attached hydrogens (tertiary/aromatic N) is 2. The van der Waals surface area contributed by atoms with Crippen LogP contribution in [0.25, 0.3) is 0 Å². The number of oxazole rings is 1. The maximum absolute atomic E-state index is 12.6. The average Bonchev–Trinajstić information content (AvgIpc) is 2.94. The molecule has 0 aromatic carbocycles. The lowest BCUT2D eigenvalue weighted by atomic mass is 9.93. The van der Waals surface area contributed by atoms with Crippen LogP contribution in [0.1, 0.15) is 66.5 Å². The minimum atomic E-state index is -0.597. The second-order valence-electron chi connectivity index (χ2n) is 8.46. The maximum atomic E-state index is 12.6. The summed E-state index contributed by atoms with van der Waals surface area (Å²) >= 11 is 0. The fraction of sp³-hybridized carbons (Fsp3) is 0.722. The number of hydrogen-bond acceptors (Lipinski definition) is 5. The summed E-state index contributed by atoms with van der Waals surface area (Å²) in [5, 5.41) is 2.69. The average molecular weight is 351 g/mol. The number of amides is 2. The van der Waals surface area contributed by atoms with Gasteiger partial charge in [0.1, 0.15) is 17.9 Å². The van der Waals surface area contributed by atoms with Crippen molar-refractivity contribution in [2.45, 2.75) is 77.9 Å². The van der Waals surface area contributed by atoms with E-state index in [4.69, 9.17) is 9.15 Å². The summed E-state index contributed by atoms with van der Waals surface area (Å²) in [5.41, 5.74) is -0.00462. The number of piperidine rings is 1. The Balaban J connectivity index is 2.07. The molecular formula is C18H29N3O4. The number of nitrogens with one attached hydrogen (secondary N) is 1. The van der Waals surface area contributed by atoms with E-state index in [9.17, 15) is 9.59 Å². The first kappa shape index (κ1) is 19.3. The molecule has 7 nitrogen and oxygen atoms in total. The molecule has 0 bridgehead atoms. The van der Waals surface area contributed by atoms with Crippen LogP contribution in [0.2, 0.25) is 0 Å². The van der Waals surface area contributed by atoms with Crippen molar-refractivity contribution >= 4 is 18.0 Å². The first-order valence-corrected chi connectivity index (χ1v) is 8.74. The lowest BCUT2D eigenvalue weighted by Gasteiger charge is -2.35. The van der Waals surface area contributed by atoms with Crippen molar-refractivity contribution in [3.63, 3.8) is 0 Å². The minimum Gasteiger partial charge on any atom is -0.444 e. The lowest BCUT2D eigenvalue weighted by Crippen LogP contribution is -2.51. The van der Waals surface area contributed by atoms with E-state index in [-0.39, 0.29) is 17.3 Å². The second kappa shape index (κ2) is 7.06. The van der Waals surface area contributed by atoms with Crippen LogP contribution in [0.5, 0.6) is 0 Å². The predicted octanol–water partition coefficient (Wildman–Crippen LogP) is 3.70. The van der Waals surface area contributed by atoms with E-state index in [0.717, 1.165) is 18.5 Å². The van der Waals surface area contributed by atoms with Gasteiger partial charge in [-0.25, -0.2) is 4.79 Å². The molecule has 1 atom stereocenters. The number of hydrogen-bond donors (Lipinski definition) is 1. The van der Waals surface area contributed by atoms with Crippen LogP contribution in [-0.4, -0.2) is 40.1 Å². The molecule has 1 aromatic heterocycles. The molecule has 2 heterocycles. The number of anilines is 1. The van der Waals surface area contributed by atoms with Crippen LogP contribution >= 0.6 is 0 Å². The summed E-state index contributed by atoms with van der Waals surface area (Å²) in [7, 11) is 0. The molecule has 0 aliphatic carbocycles. The van der Waals surface area contributed by atoms with Crippen LogP contribution in [-0.2, 0) is 14.9 Å². The molecule has 1 saturated heterocycles. The highest BCUT2D eigenvalue weighted by Crippen LogP contribution is 2.24. The summed E-state index contributed by atoms with van der Waals surface area (Å²) in [6.07, 6.45) is 3.42. The van der Waals surface area contributed by atoms with Crippen LogP contribution < -0.4 is 5.32 Å². The Hall–Kier alpha value is -2.05. The quantitative estimate of drug-likeness (QED) is 0.878. The van der Waals surface area contributed by atoms with Gasteiger partial charge < -0.3 is 9.15 Å². The highest BCUT2D eigenvalue weighted by atomic mass is 16.6. The highest BCUT2D eigenvalue weighted by molar-refractivity contribution is 5.95. The first-order chi connectivity index (χ1) is 11.5. The zero-order valence-corrected chi connectivity index (χ0v) is 16.0. The van der Waals surface area contributed by atoms with Gasteiger partial charge in [0.15, 0.2) is 0 Å². The maximum Gasteiger partial charge on any atom is 0.410 e. The van der Waals surface area contributed by atoms with E-state index in [0.29, 0.717) is 13.0 Å². The van der Waals surface area contributed by atoms with Crippen molar-refractivity contribution in [2.75, 3.05) is 11.9 Å². The van der Waals surface area contributed by atoms with Crippen molar-refractivity contribution in [1.29, 1.82) is 0 Å². The Morgan fingerprint density at radius 3 is 2.48 bits per heavy atom. The van der Waals surface area contributed by atoms with Crippen LogP contribution in [0.3, 0.4) is 0 Å². The molecule has 0 spiro atoms. The summed E-state index contributed by atoms with van der Waals surface area (Å²) in [4.78, 5) is 30.9. The summed E-state index contributed by atoms with van der Waals surface area (Å²) in [6.45, 7) is 12.0. The normalized spacial score (nSPS) is 18.8. The minimum absolute atomic E-state index is 0.157. The Kier molecular flexibility index (Phi) is 5.44. The molecule has 7 heteroatoms. The zero-order valence-electron chi connectivity index (χ0n) is 16.0. The SMILES string of the molecule is CC(C)(C)OC(=O)N1CCCC[C@H]1C(=O)Nc1nc(C(C)(C)C)co1. The summed E-state index contributed by atoms with van der Waals surface area (Å²) in [6, 6.07) is -0.418. The monoisotopic (exact) mass is 351 g/mol. The molecule has 0 radical (unpaired) electrons. The number of aromatic nitrogens is 1. The van der Waals surface area contributed by atoms with Crippen LogP contribution in [0, 0.1) is 0 Å². The largest absolute Gasteiger partial charge is 0.444 e. The third-order valence-corrected chi connectivity index (χ3v) is 3.94. The Morgan fingerprint density at radius 2 is 1.92 bits per heavy atom. The van der Waals surface area contributed by atoms with Crippen LogP contribution in [0.4, 0.5) is 10.8 Å². The molecule has 1 aromatic rings. The number of ether oxygens (including phenoxy) is 1. The standard InChI is InChI=1S/C18H29N3O4/c1-17(2,3)13-11-24-15(19-13)20-14(22)12-9-7-8-10-21(12)16(23)25-18(4,5)6/h11-12H,7-10H2,1-6H3,(H,19,20,22)/t12-/m0/s1. The number of carbonyl (C=O) groups is 2. The van der Waals surface area contributed by atoms with Gasteiger partial charge in [0.2, 0.25) is 0 Å². The van der Waals surface area contributed by atoms with Gasteiger partial charge in [-0.1, -0.05) is 20.8 Å². The Bertz CT molecular complexity index is 625. The highest BCUT2D eigenvalue weighted by Gasteiger charge is 2.35. The van der Waals surface area contributed by atoms with Crippen molar-refractivity contribution in [1.82, 2.24) is 9.88 Å². The third-order valence-electron chi connectivity index (χ3n) is 3.94. The molecule has 2 rings (SSSR count). The topological polar surface area (TPSA) is 84.7 Å². The summed E-state index contributed by atoms with van der Waals surface area (Å²) < 4.78 is 10.8. The van der Waals surface area contributed by atoms with E-state index in [1.807, 2.05) is 41.5 Å². The number of likely N-dealkylation sites (tertiary alicyclic amines) is 1. The van der Waals surface area contributed by atoms with E-state index >= 15 is 0 Å². The smallest absolute Gasteiger partial charge is 0.410 e. The van der Waals surface area contributed by atoms with Crippen LogP contribution in [0.15, 0.2) is 10.7 Å². The van der Waals surface area contributed by atoms with E-state index in [1.165, 1.54) is 4.90 Å². The molecule has 0 unspecified atom stereocenters. The van der Waals surface area contributed by atoms with Gasteiger partial charge >= 0.3 is 12.1 Å². The molecule has 1 N–H and O–H groups in total. The number of carbonyl (C=O) groups excluding carboxylic acids is 2. The molecule has 1 aliphatic heterocycles. The van der Waals surface area contributed by atoms with Crippen molar-refractivity contribution in [3.8, 4) is 0 Å². The molecule has 25 heavy (non-hydrogen) atoms. The molecule has 1 fully saturated rings. The van der Waals surface area contributed by atoms with Crippen molar-refractivity contribution in [3.05, 3.63) is 12.0 Å². The molecule has 0 saturated carbocycles. The van der Waals surface area contributed by atoms with Gasteiger partial charge in [0.05, 0.1) is 5.69 Å². The fourth-order valence-electron chi connectivity index (χ4n) is 2.61. The van der Waals surface area contributed by atoms with Gasteiger partial charge in [0, 0.05) is 12.0 Å². The molecule has 1 aliphatic rings. The van der Waals surface area contributed by atoms with Gasteiger partial charge in [-0.3, -0.25) is 15.0 Å². The van der Waals surface area contributed by atoms with E-state index < -0.39 is 17.7 Å².